The number of thiazole rings is 1. The maximum absolute atomic E-state index is 13.3. The molecule has 0 unspecified atom stereocenters. The smallest absolute Gasteiger partial charge is 0.262 e. The molecular formula is C20H19Cl3N4OS2. The van der Waals surface area contributed by atoms with Crippen LogP contribution in [0.5, 0.6) is 0 Å². The Bertz CT molecular complexity index is 1140. The van der Waals surface area contributed by atoms with Crippen LogP contribution in [0, 0.1) is 0 Å². The van der Waals surface area contributed by atoms with E-state index in [9.17, 15) is 4.79 Å². The van der Waals surface area contributed by atoms with Crippen molar-refractivity contribution in [3.8, 4) is 0 Å². The molecule has 0 N–H and O–H groups in total. The normalized spacial score (nSPS) is 10.9. The molecule has 0 saturated carbocycles. The van der Waals surface area contributed by atoms with Gasteiger partial charge < -0.3 is 4.57 Å². The Morgan fingerprint density at radius 1 is 1.23 bits per heavy atom. The Balaban J connectivity index is 0.00000256. The van der Waals surface area contributed by atoms with Gasteiger partial charge in [0, 0.05) is 25.5 Å². The van der Waals surface area contributed by atoms with Crippen molar-refractivity contribution in [1.82, 2.24) is 14.5 Å². The molecule has 0 aliphatic carbocycles. The lowest BCUT2D eigenvalue weighted by Gasteiger charge is -2.19. The number of aryl methyl sites for hydroxylation is 2. The first-order chi connectivity index (χ1) is 14.0. The predicted molar refractivity (Wildman–Crippen MR) is 129 cm³/mol. The van der Waals surface area contributed by atoms with Crippen LogP contribution >= 0.6 is 58.3 Å². The van der Waals surface area contributed by atoms with E-state index in [0.717, 1.165) is 29.6 Å². The molecule has 0 atom stereocenters. The quantitative estimate of drug-likeness (QED) is 0.287. The summed E-state index contributed by atoms with van der Waals surface area (Å²) in [5, 5.41) is 0.669. The number of aromatic nitrogens is 3. The molecule has 1 aromatic carbocycles. The summed E-state index contributed by atoms with van der Waals surface area (Å²) in [4.78, 5) is 23.8. The molecule has 10 heteroatoms. The average molecular weight is 502 g/mol. The van der Waals surface area contributed by atoms with Crippen LogP contribution in [0.2, 0.25) is 8.67 Å². The van der Waals surface area contributed by atoms with Crippen LogP contribution in [-0.4, -0.2) is 27.0 Å². The van der Waals surface area contributed by atoms with Crippen LogP contribution in [0.25, 0.3) is 10.2 Å². The highest BCUT2D eigenvalue weighted by atomic mass is 35.5. The zero-order valence-corrected chi connectivity index (χ0v) is 20.0. The average Bonchev–Trinajstić information content (AvgIpc) is 3.43. The van der Waals surface area contributed by atoms with Gasteiger partial charge in [0.15, 0.2) is 5.13 Å². The Morgan fingerprint density at radius 2 is 2.07 bits per heavy atom. The number of thiophene rings is 1. The van der Waals surface area contributed by atoms with E-state index in [1.807, 2.05) is 16.8 Å². The fourth-order valence-electron chi connectivity index (χ4n) is 3.04. The van der Waals surface area contributed by atoms with Crippen LogP contribution in [0.1, 0.15) is 29.3 Å². The Kier molecular flexibility index (Phi) is 7.76. The third-order valence-corrected chi connectivity index (χ3v) is 7.10. The van der Waals surface area contributed by atoms with Crippen LogP contribution in [0.3, 0.4) is 0 Å². The van der Waals surface area contributed by atoms with Gasteiger partial charge in [0.1, 0.15) is 4.34 Å². The van der Waals surface area contributed by atoms with Gasteiger partial charge in [-0.1, -0.05) is 47.5 Å². The lowest BCUT2D eigenvalue weighted by molar-refractivity contribution is 0.0987. The van der Waals surface area contributed by atoms with Gasteiger partial charge in [-0.2, -0.15) is 0 Å². The van der Waals surface area contributed by atoms with E-state index >= 15 is 0 Å². The summed E-state index contributed by atoms with van der Waals surface area (Å²) in [6.45, 7) is 3.39. The molecule has 3 aromatic heterocycles. The summed E-state index contributed by atoms with van der Waals surface area (Å²) in [5.41, 5.74) is 2.56. The minimum absolute atomic E-state index is 0. The highest BCUT2D eigenvalue weighted by Gasteiger charge is 2.24. The van der Waals surface area contributed by atoms with Crippen LogP contribution in [0.15, 0.2) is 43.0 Å². The van der Waals surface area contributed by atoms with Crippen LogP contribution in [-0.2, 0) is 13.0 Å². The molecule has 4 aromatic rings. The first-order valence-corrected chi connectivity index (χ1v) is 11.6. The van der Waals surface area contributed by atoms with Gasteiger partial charge in [-0.05, 0) is 36.6 Å². The van der Waals surface area contributed by atoms with Gasteiger partial charge in [-0.25, -0.2) is 9.97 Å². The summed E-state index contributed by atoms with van der Waals surface area (Å²) >= 11 is 15.0. The van der Waals surface area contributed by atoms with E-state index in [4.69, 9.17) is 28.2 Å². The second-order valence-corrected chi connectivity index (χ2v) is 9.80. The molecule has 0 radical (unpaired) electrons. The molecule has 0 fully saturated rings. The number of hydrogen-bond donors (Lipinski definition) is 0. The third-order valence-electron chi connectivity index (χ3n) is 4.57. The number of amides is 1. The van der Waals surface area contributed by atoms with Crippen molar-refractivity contribution in [2.45, 2.75) is 26.3 Å². The predicted octanol–water partition coefficient (Wildman–Crippen LogP) is 6.58. The van der Waals surface area contributed by atoms with Crippen molar-refractivity contribution < 1.29 is 4.79 Å². The fourth-order valence-corrected chi connectivity index (χ4v) is 5.54. The van der Waals surface area contributed by atoms with Crippen molar-refractivity contribution in [2.24, 2.45) is 0 Å². The second-order valence-electron chi connectivity index (χ2n) is 6.50. The number of carbonyl (C=O) groups excluding carboxylic acids is 1. The highest BCUT2D eigenvalue weighted by Crippen LogP contribution is 2.35. The second kappa shape index (κ2) is 10.1. The Morgan fingerprint density at radius 3 is 2.73 bits per heavy atom. The van der Waals surface area contributed by atoms with Crippen LogP contribution in [0.4, 0.5) is 5.13 Å². The summed E-state index contributed by atoms with van der Waals surface area (Å²) in [7, 11) is 0. The van der Waals surface area contributed by atoms with Gasteiger partial charge >= 0.3 is 0 Å². The summed E-state index contributed by atoms with van der Waals surface area (Å²) in [5.74, 6) is -0.182. The molecule has 0 aliphatic heterocycles. The topological polar surface area (TPSA) is 51.0 Å². The lowest BCUT2D eigenvalue weighted by Crippen LogP contribution is -2.32. The molecular weight excluding hydrogens is 483 g/mol. The van der Waals surface area contributed by atoms with Gasteiger partial charge in [-0.15, -0.1) is 23.7 Å². The molecule has 0 spiro atoms. The van der Waals surface area contributed by atoms with E-state index in [2.05, 4.69) is 24.0 Å². The van der Waals surface area contributed by atoms with E-state index in [0.29, 0.717) is 25.9 Å². The minimum atomic E-state index is -0.182. The maximum Gasteiger partial charge on any atom is 0.262 e. The van der Waals surface area contributed by atoms with Crippen molar-refractivity contribution in [3.05, 3.63) is 62.8 Å². The standard InChI is InChI=1S/C20H18Cl2N4OS2.ClH/c1-2-13-4-5-15-16(10-13)28-20(24-15)26(8-3-7-25-9-6-23-12-25)19(27)14-11-17(21)29-18(14)22;/h4-6,9-12H,2-3,7-8H2,1H3;1H. The van der Waals surface area contributed by atoms with Crippen molar-refractivity contribution >= 4 is 79.5 Å². The SMILES string of the molecule is CCc1ccc2nc(N(CCCn3ccnc3)C(=O)c3cc(Cl)sc3Cl)sc2c1.Cl. The molecule has 0 aliphatic rings. The molecule has 0 saturated heterocycles. The first kappa shape index (κ1) is 23.0. The van der Waals surface area contributed by atoms with E-state index < -0.39 is 0 Å². The maximum atomic E-state index is 13.3. The zero-order valence-electron chi connectivity index (χ0n) is 16.0. The number of imidazole rings is 1. The fraction of sp³-hybridized carbons (Fsp3) is 0.250. The summed E-state index contributed by atoms with van der Waals surface area (Å²) in [6, 6.07) is 7.85. The number of carbonyl (C=O) groups is 1. The van der Waals surface area contributed by atoms with Crippen molar-refractivity contribution in [3.63, 3.8) is 0 Å². The van der Waals surface area contributed by atoms with Crippen LogP contribution < -0.4 is 4.90 Å². The monoisotopic (exact) mass is 500 g/mol. The van der Waals surface area contributed by atoms with Gasteiger partial charge in [0.25, 0.3) is 5.91 Å². The minimum Gasteiger partial charge on any atom is -0.337 e. The number of benzene rings is 1. The molecule has 158 valence electrons. The number of halogens is 3. The number of rotatable bonds is 7. The van der Waals surface area contributed by atoms with E-state index in [-0.39, 0.29) is 18.3 Å². The largest absolute Gasteiger partial charge is 0.337 e. The number of hydrogen-bond acceptors (Lipinski definition) is 5. The molecule has 3 heterocycles. The molecule has 4 rings (SSSR count). The van der Waals surface area contributed by atoms with Crippen molar-refractivity contribution in [2.75, 3.05) is 11.4 Å². The molecule has 30 heavy (non-hydrogen) atoms. The Hall–Kier alpha value is -1.64. The van der Waals surface area contributed by atoms with Gasteiger partial charge in [-0.3, -0.25) is 9.69 Å². The summed E-state index contributed by atoms with van der Waals surface area (Å²) in [6.07, 6.45) is 7.14. The van der Waals surface area contributed by atoms with Gasteiger partial charge in [0.05, 0.1) is 26.4 Å². The summed E-state index contributed by atoms with van der Waals surface area (Å²) < 4.78 is 3.95. The van der Waals surface area contributed by atoms with E-state index in [1.54, 1.807) is 23.5 Å². The first-order valence-electron chi connectivity index (χ1n) is 9.17. The zero-order chi connectivity index (χ0) is 20.4. The highest BCUT2D eigenvalue weighted by molar-refractivity contribution is 7.22. The van der Waals surface area contributed by atoms with E-state index in [1.165, 1.54) is 28.2 Å². The van der Waals surface area contributed by atoms with Crippen molar-refractivity contribution in [1.29, 1.82) is 0 Å². The molecule has 1 amide bonds. The number of anilines is 1. The Labute approximate surface area is 198 Å². The number of fused-ring (bicyclic) bond motifs is 1. The number of nitrogens with zero attached hydrogens (tertiary/aromatic N) is 4. The molecule has 5 nitrogen and oxygen atoms in total. The lowest BCUT2D eigenvalue weighted by atomic mass is 10.2. The molecule has 0 bridgehead atoms. The third kappa shape index (κ3) is 4.98. The van der Waals surface area contributed by atoms with Gasteiger partial charge in [0.2, 0.25) is 0 Å².